The maximum absolute atomic E-state index is 12.2. The minimum atomic E-state index is -0.00188. The van der Waals surface area contributed by atoms with Gasteiger partial charge in [-0.3, -0.25) is 9.69 Å². The smallest absolute Gasteiger partial charge is 0.271 e. The van der Waals surface area contributed by atoms with E-state index in [1.54, 1.807) is 25.2 Å². The van der Waals surface area contributed by atoms with Crippen LogP contribution in [0.25, 0.3) is 0 Å². The van der Waals surface area contributed by atoms with Gasteiger partial charge in [0.25, 0.3) is 5.91 Å². The molecule has 0 atom stereocenters. The molecule has 0 spiro atoms. The molecule has 0 aliphatic carbocycles. The van der Waals surface area contributed by atoms with Gasteiger partial charge in [0.1, 0.15) is 11.5 Å². The lowest BCUT2D eigenvalue weighted by molar-refractivity contribution is 0.0812. The summed E-state index contributed by atoms with van der Waals surface area (Å²) in [5.74, 6) is 2.55. The number of amides is 1. The first-order valence-corrected chi connectivity index (χ1v) is 7.99. The van der Waals surface area contributed by atoms with E-state index in [0.29, 0.717) is 12.5 Å². The largest absolute Gasteiger partial charge is 0.454 e. The van der Waals surface area contributed by atoms with Crippen LogP contribution in [0.1, 0.15) is 21.9 Å². The highest BCUT2D eigenvalue weighted by molar-refractivity contribution is 5.92. The number of fused-ring (bicyclic) bond motifs is 2. The molecule has 0 saturated heterocycles. The van der Waals surface area contributed by atoms with Crippen molar-refractivity contribution in [2.45, 2.75) is 19.6 Å². The summed E-state index contributed by atoms with van der Waals surface area (Å²) in [5, 5.41) is 0. The Balaban J connectivity index is 1.48. The van der Waals surface area contributed by atoms with Crippen LogP contribution in [0.2, 0.25) is 0 Å². The SMILES string of the molecule is CN(C)C(=O)c1cnc2n1CCN(Cc1ccc3c(c1)OCO3)C2. The zero-order chi connectivity index (χ0) is 16.7. The van der Waals surface area contributed by atoms with Crippen molar-refractivity contribution in [3.8, 4) is 11.5 Å². The number of imidazole rings is 1. The molecule has 7 heteroatoms. The molecule has 4 rings (SSSR count). The number of benzene rings is 1. The van der Waals surface area contributed by atoms with Crippen molar-refractivity contribution < 1.29 is 14.3 Å². The van der Waals surface area contributed by atoms with E-state index in [0.717, 1.165) is 43.5 Å². The Hall–Kier alpha value is -2.54. The highest BCUT2D eigenvalue weighted by Gasteiger charge is 2.24. The summed E-state index contributed by atoms with van der Waals surface area (Å²) in [5.41, 5.74) is 1.85. The molecule has 24 heavy (non-hydrogen) atoms. The second-order valence-corrected chi connectivity index (χ2v) is 6.31. The summed E-state index contributed by atoms with van der Waals surface area (Å²) in [6.07, 6.45) is 1.68. The zero-order valence-electron chi connectivity index (χ0n) is 13.9. The van der Waals surface area contributed by atoms with E-state index >= 15 is 0 Å². The van der Waals surface area contributed by atoms with Gasteiger partial charge in [0, 0.05) is 33.7 Å². The van der Waals surface area contributed by atoms with Crippen molar-refractivity contribution in [2.24, 2.45) is 0 Å². The van der Waals surface area contributed by atoms with Gasteiger partial charge >= 0.3 is 0 Å². The number of carbonyl (C=O) groups excluding carboxylic acids is 1. The van der Waals surface area contributed by atoms with Crippen molar-refractivity contribution >= 4 is 5.91 Å². The fourth-order valence-corrected chi connectivity index (χ4v) is 3.14. The van der Waals surface area contributed by atoms with E-state index in [1.165, 1.54) is 5.56 Å². The predicted molar refractivity (Wildman–Crippen MR) is 86.9 cm³/mol. The first-order chi connectivity index (χ1) is 11.6. The first kappa shape index (κ1) is 15.0. The van der Waals surface area contributed by atoms with Crippen LogP contribution in [0.3, 0.4) is 0 Å². The standard InChI is InChI=1S/C17H20N4O3/c1-19(2)17(22)13-8-18-16-10-20(5-6-21(13)16)9-12-3-4-14-15(7-12)24-11-23-14/h3-4,7-8H,5-6,9-11H2,1-2H3. The van der Waals surface area contributed by atoms with Gasteiger partial charge in [-0.1, -0.05) is 6.07 Å². The van der Waals surface area contributed by atoms with Gasteiger partial charge in [0.15, 0.2) is 11.5 Å². The van der Waals surface area contributed by atoms with Crippen LogP contribution in [0.15, 0.2) is 24.4 Å². The van der Waals surface area contributed by atoms with Gasteiger partial charge in [0.2, 0.25) is 6.79 Å². The summed E-state index contributed by atoms with van der Waals surface area (Å²) < 4.78 is 12.8. The summed E-state index contributed by atoms with van der Waals surface area (Å²) in [6.45, 7) is 3.50. The summed E-state index contributed by atoms with van der Waals surface area (Å²) in [7, 11) is 3.52. The number of nitrogens with zero attached hydrogens (tertiary/aromatic N) is 4. The van der Waals surface area contributed by atoms with Gasteiger partial charge in [0.05, 0.1) is 12.7 Å². The van der Waals surface area contributed by atoms with Crippen LogP contribution < -0.4 is 9.47 Å². The van der Waals surface area contributed by atoms with Crippen LogP contribution in [-0.2, 0) is 19.6 Å². The van der Waals surface area contributed by atoms with E-state index in [4.69, 9.17) is 9.47 Å². The molecule has 0 N–H and O–H groups in total. The third-order valence-electron chi connectivity index (χ3n) is 4.41. The van der Waals surface area contributed by atoms with Gasteiger partial charge < -0.3 is 18.9 Å². The maximum Gasteiger partial charge on any atom is 0.271 e. The Morgan fingerprint density at radius 2 is 2.08 bits per heavy atom. The molecule has 2 aromatic rings. The zero-order valence-corrected chi connectivity index (χ0v) is 13.9. The Morgan fingerprint density at radius 1 is 1.25 bits per heavy atom. The minimum absolute atomic E-state index is 0.00188. The van der Waals surface area contributed by atoms with Crippen molar-refractivity contribution in [1.82, 2.24) is 19.4 Å². The molecular formula is C17H20N4O3. The molecule has 1 amide bonds. The third-order valence-corrected chi connectivity index (χ3v) is 4.41. The van der Waals surface area contributed by atoms with Gasteiger partial charge in [-0.2, -0.15) is 0 Å². The Labute approximate surface area is 140 Å². The first-order valence-electron chi connectivity index (χ1n) is 7.99. The molecule has 1 aromatic heterocycles. The molecule has 3 heterocycles. The summed E-state index contributed by atoms with van der Waals surface area (Å²) in [6, 6.07) is 6.05. The lowest BCUT2D eigenvalue weighted by Gasteiger charge is -2.28. The lowest BCUT2D eigenvalue weighted by atomic mass is 10.2. The molecule has 0 saturated carbocycles. The molecule has 0 radical (unpaired) electrons. The molecule has 7 nitrogen and oxygen atoms in total. The Kier molecular flexibility index (Phi) is 3.65. The van der Waals surface area contributed by atoms with Crippen LogP contribution in [0.5, 0.6) is 11.5 Å². The number of rotatable bonds is 3. The average Bonchev–Trinajstić information content (AvgIpc) is 3.19. The number of hydrogen-bond donors (Lipinski definition) is 0. The average molecular weight is 328 g/mol. The quantitative estimate of drug-likeness (QED) is 0.851. The van der Waals surface area contributed by atoms with Crippen LogP contribution >= 0.6 is 0 Å². The van der Waals surface area contributed by atoms with E-state index in [2.05, 4.69) is 16.0 Å². The van der Waals surface area contributed by atoms with E-state index in [1.807, 2.05) is 16.7 Å². The van der Waals surface area contributed by atoms with Crippen LogP contribution in [0.4, 0.5) is 0 Å². The highest BCUT2D eigenvalue weighted by Crippen LogP contribution is 2.33. The number of aromatic nitrogens is 2. The van der Waals surface area contributed by atoms with Crippen molar-refractivity contribution in [3.05, 3.63) is 41.5 Å². The highest BCUT2D eigenvalue weighted by atomic mass is 16.7. The summed E-state index contributed by atoms with van der Waals surface area (Å²) >= 11 is 0. The number of ether oxygens (including phenoxy) is 2. The van der Waals surface area contributed by atoms with E-state index < -0.39 is 0 Å². The Bertz CT molecular complexity index is 784. The number of carbonyl (C=O) groups is 1. The van der Waals surface area contributed by atoms with Gasteiger partial charge in [-0.25, -0.2) is 4.98 Å². The van der Waals surface area contributed by atoms with Crippen LogP contribution in [0, 0.1) is 0 Å². The van der Waals surface area contributed by atoms with Crippen LogP contribution in [-0.4, -0.2) is 52.7 Å². The molecular weight excluding hydrogens is 308 g/mol. The maximum atomic E-state index is 12.2. The second-order valence-electron chi connectivity index (χ2n) is 6.31. The molecule has 1 aromatic carbocycles. The van der Waals surface area contributed by atoms with Crippen molar-refractivity contribution in [3.63, 3.8) is 0 Å². The third kappa shape index (κ3) is 2.60. The minimum Gasteiger partial charge on any atom is -0.454 e. The normalized spacial score (nSPS) is 16.1. The topological polar surface area (TPSA) is 59.8 Å². The van der Waals surface area contributed by atoms with E-state index in [-0.39, 0.29) is 5.91 Å². The molecule has 0 fully saturated rings. The van der Waals surface area contributed by atoms with Crippen molar-refractivity contribution in [1.29, 1.82) is 0 Å². The second kappa shape index (κ2) is 5.83. The predicted octanol–water partition coefficient (Wildman–Crippen LogP) is 1.33. The van der Waals surface area contributed by atoms with Crippen molar-refractivity contribution in [2.75, 3.05) is 27.4 Å². The van der Waals surface area contributed by atoms with E-state index in [9.17, 15) is 4.79 Å². The fourth-order valence-electron chi connectivity index (χ4n) is 3.14. The summed E-state index contributed by atoms with van der Waals surface area (Å²) in [4.78, 5) is 20.5. The van der Waals surface area contributed by atoms with Gasteiger partial charge in [-0.15, -0.1) is 0 Å². The molecule has 0 bridgehead atoms. The number of hydrogen-bond acceptors (Lipinski definition) is 5. The monoisotopic (exact) mass is 328 g/mol. The molecule has 2 aliphatic heterocycles. The Morgan fingerprint density at radius 3 is 2.92 bits per heavy atom. The lowest BCUT2D eigenvalue weighted by Crippen LogP contribution is -2.35. The molecule has 2 aliphatic rings. The van der Waals surface area contributed by atoms with Gasteiger partial charge in [-0.05, 0) is 17.7 Å². The fraction of sp³-hybridized carbons (Fsp3) is 0.412. The molecule has 0 unspecified atom stereocenters. The molecule has 126 valence electrons.